The molecule has 0 spiro atoms. The van der Waals surface area contributed by atoms with Gasteiger partial charge in [0.1, 0.15) is 0 Å². The second kappa shape index (κ2) is 8.47. The number of carbonyl (C=O) groups excluding carboxylic acids is 2. The molecule has 34 heavy (non-hydrogen) atoms. The summed E-state index contributed by atoms with van der Waals surface area (Å²) in [5, 5.41) is 7.12. The summed E-state index contributed by atoms with van der Waals surface area (Å²) in [5.74, 6) is 1.36. The number of amides is 1. The summed E-state index contributed by atoms with van der Waals surface area (Å²) in [6, 6.07) is 4.50. The number of nitrogens with two attached hydrogens (primary N) is 1. The van der Waals surface area contributed by atoms with E-state index in [0.29, 0.717) is 24.5 Å². The van der Waals surface area contributed by atoms with Gasteiger partial charge in [0.15, 0.2) is 11.5 Å². The van der Waals surface area contributed by atoms with Crippen molar-refractivity contribution in [2.75, 3.05) is 25.0 Å². The number of benzene rings is 1. The number of carbonyl (C=O) groups is 2. The molecule has 1 aromatic carbocycles. The fourth-order valence-corrected chi connectivity index (χ4v) is 4.80. The van der Waals surface area contributed by atoms with E-state index in [-0.39, 0.29) is 35.7 Å². The molecule has 10 heteroatoms. The molecule has 4 rings (SSSR count). The van der Waals surface area contributed by atoms with Crippen molar-refractivity contribution in [2.45, 2.75) is 45.3 Å². The van der Waals surface area contributed by atoms with Crippen LogP contribution in [0, 0.1) is 17.8 Å². The second-order valence-electron chi connectivity index (χ2n) is 9.68. The lowest BCUT2D eigenvalue weighted by atomic mass is 9.75. The van der Waals surface area contributed by atoms with Crippen LogP contribution in [-0.2, 0) is 12.6 Å². The van der Waals surface area contributed by atoms with Crippen molar-refractivity contribution in [3.63, 3.8) is 0 Å². The van der Waals surface area contributed by atoms with Crippen LogP contribution in [0.4, 0.5) is 18.9 Å². The van der Waals surface area contributed by atoms with E-state index in [1.54, 1.807) is 6.07 Å². The summed E-state index contributed by atoms with van der Waals surface area (Å²) in [5.41, 5.74) is 4.62. The van der Waals surface area contributed by atoms with Crippen molar-refractivity contribution in [1.29, 1.82) is 0 Å². The molecule has 7 nitrogen and oxygen atoms in total. The number of fused-ring (bicyclic) bond motifs is 1. The highest BCUT2D eigenvalue weighted by Crippen LogP contribution is 2.42. The average molecular weight is 473 g/mol. The summed E-state index contributed by atoms with van der Waals surface area (Å²) in [6.07, 6.45) is 1.65. The lowest BCUT2D eigenvalue weighted by molar-refractivity contribution is -0.141. The molecule has 1 aliphatic carbocycles. The highest BCUT2D eigenvalue weighted by Gasteiger charge is 2.45. The van der Waals surface area contributed by atoms with Crippen molar-refractivity contribution < 1.29 is 22.8 Å². The molecule has 1 unspecified atom stereocenters. The molecule has 1 atom stereocenters. The first kappa shape index (κ1) is 23.8. The topological polar surface area (TPSA) is 93.2 Å². The smallest absolute Gasteiger partial charge is 0.380 e. The van der Waals surface area contributed by atoms with Gasteiger partial charge < -0.3 is 11.1 Å². The van der Waals surface area contributed by atoms with Crippen LogP contribution in [0.1, 0.15) is 58.8 Å². The van der Waals surface area contributed by atoms with Crippen LogP contribution in [0.3, 0.4) is 0 Å². The van der Waals surface area contributed by atoms with Crippen LogP contribution in [0.2, 0.25) is 0 Å². The highest BCUT2D eigenvalue weighted by atomic mass is 19.4. The molecular weight excluding hydrogens is 447 g/mol. The van der Waals surface area contributed by atoms with Gasteiger partial charge in [-0.05, 0) is 36.5 Å². The van der Waals surface area contributed by atoms with Crippen LogP contribution in [0.25, 0.3) is 5.69 Å². The van der Waals surface area contributed by atoms with E-state index < -0.39 is 29.0 Å². The predicted molar refractivity (Wildman–Crippen MR) is 121 cm³/mol. The maximum absolute atomic E-state index is 13.8. The van der Waals surface area contributed by atoms with Gasteiger partial charge in [0.25, 0.3) is 5.91 Å². The first-order chi connectivity index (χ1) is 15.9. The number of terminal acetylenes is 1. The van der Waals surface area contributed by atoms with Gasteiger partial charge in [0.05, 0.1) is 29.1 Å². The number of aromatic nitrogens is 2. The number of anilines is 1. The third-order valence-corrected chi connectivity index (χ3v) is 6.27. The Bertz CT molecular complexity index is 1190. The molecule has 1 aromatic heterocycles. The van der Waals surface area contributed by atoms with E-state index in [2.05, 4.69) is 21.2 Å². The fourth-order valence-electron chi connectivity index (χ4n) is 4.80. The zero-order chi connectivity index (χ0) is 24.8. The number of rotatable bonds is 5. The molecule has 0 bridgehead atoms. The van der Waals surface area contributed by atoms with E-state index in [0.717, 1.165) is 13.0 Å². The van der Waals surface area contributed by atoms with Crippen LogP contribution < -0.4 is 11.1 Å². The number of nitrogens with one attached hydrogen (secondary N) is 1. The van der Waals surface area contributed by atoms with Crippen molar-refractivity contribution in [1.82, 2.24) is 14.7 Å². The SMILES string of the molecule is C#CCN1CCC(Nc2cc(-n3nc(C(F)(F)F)c4c3CC(C)(C)CC4=O)ccc2C(N)=O)C1. The fraction of sp³-hybridized carbons (Fsp3) is 0.458. The number of primary amides is 1. The first-order valence-corrected chi connectivity index (χ1v) is 11.0. The van der Waals surface area contributed by atoms with Gasteiger partial charge in [-0.1, -0.05) is 19.8 Å². The third kappa shape index (κ3) is 4.53. The molecule has 1 fully saturated rings. The summed E-state index contributed by atoms with van der Waals surface area (Å²) in [4.78, 5) is 26.8. The minimum Gasteiger partial charge on any atom is -0.380 e. The molecule has 1 saturated heterocycles. The number of ketones is 1. The summed E-state index contributed by atoms with van der Waals surface area (Å²) < 4.78 is 42.5. The zero-order valence-corrected chi connectivity index (χ0v) is 19.0. The van der Waals surface area contributed by atoms with Crippen molar-refractivity contribution in [3.05, 3.63) is 40.7 Å². The Morgan fingerprint density at radius 2 is 2.09 bits per heavy atom. The van der Waals surface area contributed by atoms with Crippen LogP contribution in [0.5, 0.6) is 0 Å². The van der Waals surface area contributed by atoms with Crippen LogP contribution in [-0.4, -0.2) is 52.0 Å². The molecule has 0 radical (unpaired) electrons. The molecule has 2 aromatic rings. The monoisotopic (exact) mass is 473 g/mol. The zero-order valence-electron chi connectivity index (χ0n) is 19.0. The number of Topliss-reactive ketones (excluding diaryl/α,β-unsaturated/α-hetero) is 1. The average Bonchev–Trinajstić information content (AvgIpc) is 3.31. The van der Waals surface area contributed by atoms with E-state index >= 15 is 0 Å². The number of nitrogens with zero attached hydrogens (tertiary/aromatic N) is 3. The molecule has 3 N–H and O–H groups in total. The van der Waals surface area contributed by atoms with Gasteiger partial charge in [-0.2, -0.15) is 18.3 Å². The van der Waals surface area contributed by atoms with Crippen molar-refractivity contribution in [2.24, 2.45) is 11.1 Å². The van der Waals surface area contributed by atoms with Gasteiger partial charge in [0.2, 0.25) is 0 Å². The van der Waals surface area contributed by atoms with Gasteiger partial charge in [-0.3, -0.25) is 14.5 Å². The van der Waals surface area contributed by atoms with E-state index in [4.69, 9.17) is 12.2 Å². The Labute approximate surface area is 195 Å². The largest absolute Gasteiger partial charge is 0.435 e. The Morgan fingerprint density at radius 1 is 1.35 bits per heavy atom. The maximum Gasteiger partial charge on any atom is 0.435 e. The standard InChI is InChI=1S/C24H26F3N5O2/c1-4-8-31-9-7-14(13-31)29-17-10-15(5-6-16(17)22(28)34)32-18-11-23(2,3)12-19(33)20(18)21(30-32)24(25,26)27/h1,5-6,10,14,29H,7-9,11-13H2,2-3H3,(H2,28,34). The summed E-state index contributed by atoms with van der Waals surface area (Å²) >= 11 is 0. The van der Waals surface area contributed by atoms with Gasteiger partial charge in [-0.15, -0.1) is 6.42 Å². The van der Waals surface area contributed by atoms with Crippen molar-refractivity contribution >= 4 is 17.4 Å². The van der Waals surface area contributed by atoms with Crippen LogP contribution >= 0.6 is 0 Å². The normalized spacial score (nSPS) is 20.1. The van der Waals surface area contributed by atoms with E-state index in [9.17, 15) is 22.8 Å². The van der Waals surface area contributed by atoms with E-state index in [1.165, 1.54) is 16.8 Å². The van der Waals surface area contributed by atoms with Crippen LogP contribution in [0.15, 0.2) is 18.2 Å². The quantitative estimate of drug-likeness (QED) is 0.651. The van der Waals surface area contributed by atoms with Gasteiger partial charge in [0, 0.05) is 31.2 Å². The molecule has 0 saturated carbocycles. The number of likely N-dealkylation sites (tertiary alicyclic amines) is 1. The third-order valence-electron chi connectivity index (χ3n) is 6.27. The lowest BCUT2D eigenvalue weighted by Gasteiger charge is -2.29. The minimum atomic E-state index is -4.77. The number of hydrogen-bond donors (Lipinski definition) is 2. The maximum atomic E-state index is 13.8. The Kier molecular flexibility index (Phi) is 5.94. The first-order valence-electron chi connectivity index (χ1n) is 11.0. The molecule has 180 valence electrons. The van der Waals surface area contributed by atoms with Gasteiger partial charge in [-0.25, -0.2) is 4.68 Å². The molecule has 2 aliphatic rings. The van der Waals surface area contributed by atoms with E-state index in [1.807, 2.05) is 13.8 Å². The molecule has 1 amide bonds. The van der Waals surface area contributed by atoms with Gasteiger partial charge >= 0.3 is 6.18 Å². The Hall–Kier alpha value is -3.32. The number of halogens is 3. The second-order valence-corrected chi connectivity index (χ2v) is 9.68. The molecule has 1 aliphatic heterocycles. The molecule has 2 heterocycles. The summed E-state index contributed by atoms with van der Waals surface area (Å²) in [6.45, 7) is 5.62. The number of alkyl halides is 3. The lowest BCUT2D eigenvalue weighted by Crippen LogP contribution is -2.29. The Balaban J connectivity index is 1.78. The summed E-state index contributed by atoms with van der Waals surface area (Å²) in [7, 11) is 0. The minimum absolute atomic E-state index is 0.0119. The Morgan fingerprint density at radius 3 is 2.74 bits per heavy atom. The predicted octanol–water partition coefficient (Wildman–Crippen LogP) is 3.26. The highest BCUT2D eigenvalue weighted by molar-refractivity contribution is 6.00. The molecular formula is C24H26F3N5O2. The number of hydrogen-bond acceptors (Lipinski definition) is 5. The van der Waals surface area contributed by atoms with Crippen molar-refractivity contribution in [3.8, 4) is 18.0 Å².